The highest BCUT2D eigenvalue weighted by Crippen LogP contribution is 2.25. The van der Waals surface area contributed by atoms with Gasteiger partial charge in [-0.05, 0) is 55.7 Å². The Kier molecular flexibility index (Phi) is 6.33. The number of aryl methyl sites for hydroxylation is 1. The van der Waals surface area contributed by atoms with E-state index in [-0.39, 0.29) is 17.6 Å². The number of carbonyl (C=O) groups is 2. The van der Waals surface area contributed by atoms with Crippen molar-refractivity contribution >= 4 is 35.1 Å². The second-order valence-electron chi connectivity index (χ2n) is 6.47. The second-order valence-corrected chi connectivity index (χ2v) is 7.96. The second kappa shape index (κ2) is 8.69. The molecule has 0 spiro atoms. The quantitative estimate of drug-likeness (QED) is 0.567. The molecule has 0 N–H and O–H groups in total. The molecule has 0 bridgehead atoms. The molecule has 2 aromatic rings. The highest BCUT2D eigenvalue weighted by atomic mass is 35.5. The lowest BCUT2D eigenvalue weighted by Gasteiger charge is -2.32. The third-order valence-electron chi connectivity index (χ3n) is 4.61. The third kappa shape index (κ3) is 4.65. The average molecular weight is 389 g/mol. The van der Waals surface area contributed by atoms with Gasteiger partial charge in [0.2, 0.25) is 5.91 Å². The Labute approximate surface area is 162 Å². The zero-order chi connectivity index (χ0) is 18.5. The topological polar surface area (TPSA) is 50.3 Å². The highest BCUT2D eigenvalue weighted by molar-refractivity contribution is 8.00. The molecule has 1 saturated heterocycles. The molecule has 1 atom stereocenters. The van der Waals surface area contributed by atoms with E-state index >= 15 is 0 Å². The molecular weight excluding hydrogens is 368 g/mol. The first-order valence-electron chi connectivity index (χ1n) is 8.65. The van der Waals surface area contributed by atoms with Crippen LogP contribution in [0, 0.1) is 12.8 Å². The fourth-order valence-corrected chi connectivity index (χ4v) is 4.23. The summed E-state index contributed by atoms with van der Waals surface area (Å²) in [5, 5.41) is 0.632. The number of carbonyl (C=O) groups excluding carboxylic acids is 2. The van der Waals surface area contributed by atoms with E-state index in [9.17, 15) is 9.59 Å². The van der Waals surface area contributed by atoms with E-state index in [0.29, 0.717) is 22.9 Å². The van der Waals surface area contributed by atoms with Crippen LogP contribution >= 0.6 is 23.4 Å². The first-order valence-corrected chi connectivity index (χ1v) is 10.0. The number of halogens is 1. The smallest absolute Gasteiger partial charge is 0.232 e. The van der Waals surface area contributed by atoms with Crippen LogP contribution in [-0.2, 0) is 4.79 Å². The van der Waals surface area contributed by atoms with Crippen LogP contribution in [0.1, 0.15) is 28.8 Å². The number of thioether (sulfide) groups is 1. The van der Waals surface area contributed by atoms with Crippen molar-refractivity contribution in [1.29, 1.82) is 0 Å². The zero-order valence-electron chi connectivity index (χ0n) is 14.7. The molecule has 26 heavy (non-hydrogen) atoms. The molecule has 0 saturated carbocycles. The maximum absolute atomic E-state index is 12.9. The molecule has 1 aromatic heterocycles. The first kappa shape index (κ1) is 18.9. The van der Waals surface area contributed by atoms with E-state index in [0.717, 1.165) is 29.8 Å². The van der Waals surface area contributed by atoms with Gasteiger partial charge in [-0.3, -0.25) is 14.6 Å². The van der Waals surface area contributed by atoms with Gasteiger partial charge in [-0.1, -0.05) is 11.6 Å². The Balaban J connectivity index is 1.61. The minimum absolute atomic E-state index is 0.0807. The predicted molar refractivity (Wildman–Crippen MR) is 105 cm³/mol. The normalized spacial score (nSPS) is 17.2. The number of ketones is 1. The summed E-state index contributed by atoms with van der Waals surface area (Å²) in [6.07, 6.45) is 5.12. The van der Waals surface area contributed by atoms with E-state index in [4.69, 9.17) is 11.6 Å². The van der Waals surface area contributed by atoms with Crippen molar-refractivity contribution in [1.82, 2.24) is 9.88 Å². The van der Waals surface area contributed by atoms with Crippen LogP contribution in [0.25, 0.3) is 0 Å². The maximum Gasteiger partial charge on any atom is 0.232 e. The number of piperidine rings is 1. The number of nitrogens with zero attached hydrogens (tertiary/aromatic N) is 2. The number of hydrogen-bond acceptors (Lipinski definition) is 4. The number of benzene rings is 1. The summed E-state index contributed by atoms with van der Waals surface area (Å²) in [5.74, 6) is 0.430. The summed E-state index contributed by atoms with van der Waals surface area (Å²) in [6.45, 7) is 3.12. The van der Waals surface area contributed by atoms with Gasteiger partial charge >= 0.3 is 0 Å². The molecule has 0 aliphatic carbocycles. The van der Waals surface area contributed by atoms with Crippen molar-refractivity contribution in [2.75, 3.05) is 18.8 Å². The van der Waals surface area contributed by atoms with E-state index in [1.807, 2.05) is 30.0 Å². The van der Waals surface area contributed by atoms with Gasteiger partial charge in [-0.15, -0.1) is 11.8 Å². The number of likely N-dealkylation sites (tertiary alicyclic amines) is 1. The van der Waals surface area contributed by atoms with Crippen molar-refractivity contribution in [2.45, 2.75) is 24.7 Å². The maximum atomic E-state index is 12.9. The predicted octanol–water partition coefficient (Wildman–Crippen LogP) is 4.26. The largest absolute Gasteiger partial charge is 0.341 e. The van der Waals surface area contributed by atoms with Gasteiger partial charge in [-0.25, -0.2) is 0 Å². The zero-order valence-corrected chi connectivity index (χ0v) is 16.2. The van der Waals surface area contributed by atoms with Crippen LogP contribution < -0.4 is 0 Å². The number of pyridine rings is 1. The van der Waals surface area contributed by atoms with Crippen LogP contribution in [0.3, 0.4) is 0 Å². The van der Waals surface area contributed by atoms with E-state index < -0.39 is 0 Å². The van der Waals surface area contributed by atoms with Crippen molar-refractivity contribution in [3.05, 3.63) is 58.9 Å². The Morgan fingerprint density at radius 2 is 2.04 bits per heavy atom. The molecule has 6 heteroatoms. The molecule has 3 rings (SSSR count). The van der Waals surface area contributed by atoms with E-state index in [1.165, 1.54) is 11.8 Å². The molecule has 1 fully saturated rings. The standard InChI is InChI=1S/C20H21ClN2O2S/c1-14-11-16(21)4-5-18(14)20(25)15-3-2-10-23(12-15)19(24)13-26-17-6-8-22-9-7-17/h4-9,11,15H,2-3,10,12-13H2,1H3. The number of Topliss-reactive ketones (excluding diaryl/α,β-unsaturated/α-hetero) is 1. The summed E-state index contributed by atoms with van der Waals surface area (Å²) in [6, 6.07) is 9.14. The minimum Gasteiger partial charge on any atom is -0.341 e. The fourth-order valence-electron chi connectivity index (χ4n) is 3.21. The molecule has 0 radical (unpaired) electrons. The van der Waals surface area contributed by atoms with Crippen LogP contribution in [0.5, 0.6) is 0 Å². The summed E-state index contributed by atoms with van der Waals surface area (Å²) in [5.41, 5.74) is 1.60. The lowest BCUT2D eigenvalue weighted by atomic mass is 9.88. The van der Waals surface area contributed by atoms with Gasteiger partial charge in [0.05, 0.1) is 5.75 Å². The number of hydrogen-bond donors (Lipinski definition) is 0. The lowest BCUT2D eigenvalue weighted by Crippen LogP contribution is -2.43. The van der Waals surface area contributed by atoms with Gasteiger partial charge in [0.25, 0.3) is 0 Å². The van der Waals surface area contributed by atoms with Crippen LogP contribution in [-0.4, -0.2) is 40.4 Å². The molecule has 136 valence electrons. The van der Waals surface area contributed by atoms with Crippen molar-refractivity contribution in [2.24, 2.45) is 5.92 Å². The van der Waals surface area contributed by atoms with Crippen LogP contribution in [0.15, 0.2) is 47.6 Å². The fraction of sp³-hybridized carbons (Fsp3) is 0.350. The molecule has 1 aliphatic heterocycles. The minimum atomic E-state index is -0.140. The summed E-state index contributed by atoms with van der Waals surface area (Å²) >= 11 is 7.49. The third-order valence-corrected chi connectivity index (χ3v) is 5.84. The van der Waals surface area contributed by atoms with Gasteiger partial charge in [-0.2, -0.15) is 0 Å². The first-order chi connectivity index (χ1) is 12.5. The SMILES string of the molecule is Cc1cc(Cl)ccc1C(=O)C1CCCN(C(=O)CSc2ccncc2)C1. The van der Waals surface area contributed by atoms with Crippen LogP contribution in [0.2, 0.25) is 5.02 Å². The van der Waals surface area contributed by atoms with Gasteiger partial charge < -0.3 is 4.90 Å². The molecule has 1 aliphatic rings. The van der Waals surface area contributed by atoms with Gasteiger partial charge in [0.1, 0.15) is 0 Å². The van der Waals surface area contributed by atoms with Crippen molar-refractivity contribution in [3.8, 4) is 0 Å². The molecule has 4 nitrogen and oxygen atoms in total. The highest BCUT2D eigenvalue weighted by Gasteiger charge is 2.29. The van der Waals surface area contributed by atoms with Crippen LogP contribution in [0.4, 0.5) is 0 Å². The number of rotatable bonds is 5. The Hall–Kier alpha value is -1.85. The Morgan fingerprint density at radius 3 is 2.77 bits per heavy atom. The van der Waals surface area contributed by atoms with Gasteiger partial charge in [0.15, 0.2) is 5.78 Å². The summed E-state index contributed by atoms with van der Waals surface area (Å²) < 4.78 is 0. The molecule has 1 amide bonds. The Bertz CT molecular complexity index is 798. The summed E-state index contributed by atoms with van der Waals surface area (Å²) in [4.78, 5) is 32.3. The molecular formula is C20H21ClN2O2S. The molecule has 2 heterocycles. The van der Waals surface area contributed by atoms with E-state index in [2.05, 4.69) is 4.98 Å². The Morgan fingerprint density at radius 1 is 1.27 bits per heavy atom. The monoisotopic (exact) mass is 388 g/mol. The van der Waals surface area contributed by atoms with Gasteiger partial charge in [0, 0.05) is 46.9 Å². The average Bonchev–Trinajstić information content (AvgIpc) is 2.66. The van der Waals surface area contributed by atoms with E-state index in [1.54, 1.807) is 24.5 Å². The van der Waals surface area contributed by atoms with Crippen molar-refractivity contribution in [3.63, 3.8) is 0 Å². The number of aromatic nitrogens is 1. The lowest BCUT2D eigenvalue weighted by molar-refractivity contribution is -0.129. The molecule has 1 unspecified atom stereocenters. The number of amides is 1. The van der Waals surface area contributed by atoms with Crippen molar-refractivity contribution < 1.29 is 9.59 Å². The molecule has 1 aromatic carbocycles. The summed E-state index contributed by atoms with van der Waals surface area (Å²) in [7, 11) is 0.